The van der Waals surface area contributed by atoms with Crippen LogP contribution in [0.3, 0.4) is 0 Å². The van der Waals surface area contributed by atoms with Gasteiger partial charge in [-0.2, -0.15) is 0 Å². The van der Waals surface area contributed by atoms with Gasteiger partial charge in [0.25, 0.3) is 5.56 Å². The Balaban J connectivity index is 1.43. The fourth-order valence-corrected chi connectivity index (χ4v) is 5.30. The van der Waals surface area contributed by atoms with E-state index < -0.39 is 0 Å². The van der Waals surface area contributed by atoms with Crippen LogP contribution in [0.4, 0.5) is 0 Å². The Kier molecular flexibility index (Phi) is 6.57. The summed E-state index contributed by atoms with van der Waals surface area (Å²) < 4.78 is 9.12. The topological polar surface area (TPSA) is 68.5 Å². The van der Waals surface area contributed by atoms with Crippen molar-refractivity contribution >= 4 is 16.8 Å². The van der Waals surface area contributed by atoms with Gasteiger partial charge in [-0.05, 0) is 55.0 Å². The quantitative estimate of drug-likeness (QED) is 0.559. The van der Waals surface area contributed by atoms with Crippen molar-refractivity contribution in [3.05, 3.63) is 70.3 Å². The van der Waals surface area contributed by atoms with Crippen LogP contribution in [-0.4, -0.2) is 52.8 Å². The zero-order chi connectivity index (χ0) is 23.7. The molecule has 7 nitrogen and oxygen atoms in total. The summed E-state index contributed by atoms with van der Waals surface area (Å²) in [7, 11) is 3.48. The highest BCUT2D eigenvalue weighted by molar-refractivity contribution is 5.85. The van der Waals surface area contributed by atoms with Gasteiger partial charge < -0.3 is 24.1 Å². The van der Waals surface area contributed by atoms with Gasteiger partial charge in [0.15, 0.2) is 0 Å². The second-order valence-corrected chi connectivity index (χ2v) is 9.67. The molecule has 1 saturated carbocycles. The number of rotatable bonds is 8. The molecule has 1 aliphatic carbocycles. The molecule has 2 atom stereocenters. The second kappa shape index (κ2) is 9.76. The third-order valence-corrected chi connectivity index (χ3v) is 7.37. The predicted octanol–water partition coefficient (Wildman–Crippen LogP) is 2.87. The molecule has 3 heterocycles. The lowest BCUT2D eigenvalue weighted by atomic mass is 9.80. The van der Waals surface area contributed by atoms with Gasteiger partial charge in [-0.1, -0.05) is 18.2 Å². The van der Waals surface area contributed by atoms with E-state index in [0.717, 1.165) is 37.9 Å². The van der Waals surface area contributed by atoms with Crippen molar-refractivity contribution < 1.29 is 9.53 Å². The number of hydrogen-bond acceptors (Lipinski definition) is 4. The molecule has 180 valence electrons. The van der Waals surface area contributed by atoms with Crippen molar-refractivity contribution in [2.75, 3.05) is 26.8 Å². The van der Waals surface area contributed by atoms with Crippen LogP contribution in [0.2, 0.25) is 0 Å². The Bertz CT molecular complexity index is 1230. The van der Waals surface area contributed by atoms with Crippen molar-refractivity contribution in [1.29, 1.82) is 0 Å². The van der Waals surface area contributed by atoms with Gasteiger partial charge in [-0.3, -0.25) is 9.59 Å². The molecule has 7 heteroatoms. The van der Waals surface area contributed by atoms with Crippen molar-refractivity contribution in [1.82, 2.24) is 19.4 Å². The minimum absolute atomic E-state index is 0.0230. The van der Waals surface area contributed by atoms with Crippen molar-refractivity contribution in [2.24, 2.45) is 13.0 Å². The maximum Gasteiger partial charge on any atom is 0.250 e. The number of fused-ring (bicyclic) bond motifs is 1. The van der Waals surface area contributed by atoms with E-state index in [0.29, 0.717) is 25.7 Å². The average Bonchev–Trinajstić information content (AvgIpc) is 3.65. The molecule has 2 fully saturated rings. The summed E-state index contributed by atoms with van der Waals surface area (Å²) in [4.78, 5) is 28.4. The van der Waals surface area contributed by atoms with Crippen LogP contribution < -0.4 is 10.9 Å². The molecule has 34 heavy (non-hydrogen) atoms. The third kappa shape index (κ3) is 4.55. The SMILES string of the molecule is COCCn1cc(CN(C(=O)[C@H]2CNCCC2c2ccn(C)c(=O)c2)C2CC2)c2ccccc21. The number of carbonyl (C=O) groups is 1. The van der Waals surface area contributed by atoms with Crippen molar-refractivity contribution in [3.63, 3.8) is 0 Å². The summed E-state index contributed by atoms with van der Waals surface area (Å²) in [5.41, 5.74) is 3.32. The van der Waals surface area contributed by atoms with E-state index in [-0.39, 0.29) is 23.3 Å². The van der Waals surface area contributed by atoms with Gasteiger partial charge in [-0.15, -0.1) is 0 Å². The minimum atomic E-state index is -0.164. The summed E-state index contributed by atoms with van der Waals surface area (Å²) in [5.74, 6) is 0.101. The molecule has 1 amide bonds. The molecule has 2 aliphatic rings. The Hall–Kier alpha value is -2.90. The smallest absolute Gasteiger partial charge is 0.250 e. The van der Waals surface area contributed by atoms with Gasteiger partial charge >= 0.3 is 0 Å². The number of aromatic nitrogens is 2. The zero-order valence-corrected chi connectivity index (χ0v) is 20.1. The minimum Gasteiger partial charge on any atom is -0.383 e. The molecule has 1 unspecified atom stereocenters. The number of para-hydroxylation sites is 1. The summed E-state index contributed by atoms with van der Waals surface area (Å²) >= 11 is 0. The number of nitrogens with one attached hydrogen (secondary N) is 1. The van der Waals surface area contributed by atoms with Crippen LogP contribution in [0.25, 0.3) is 10.9 Å². The summed E-state index contributed by atoms with van der Waals surface area (Å²) in [5, 5.41) is 4.62. The van der Waals surface area contributed by atoms with E-state index >= 15 is 0 Å². The lowest BCUT2D eigenvalue weighted by Crippen LogP contribution is -2.47. The Morgan fingerprint density at radius 1 is 1.21 bits per heavy atom. The molecule has 0 spiro atoms. The Morgan fingerprint density at radius 3 is 2.79 bits per heavy atom. The first-order chi connectivity index (χ1) is 16.6. The first kappa shape index (κ1) is 22.9. The molecule has 1 saturated heterocycles. The number of pyridine rings is 1. The molecule has 1 N–H and O–H groups in total. The predicted molar refractivity (Wildman–Crippen MR) is 133 cm³/mol. The number of methoxy groups -OCH3 is 1. The van der Waals surface area contributed by atoms with E-state index in [1.807, 2.05) is 12.3 Å². The van der Waals surface area contributed by atoms with E-state index in [9.17, 15) is 9.59 Å². The van der Waals surface area contributed by atoms with Crippen LogP contribution in [0, 0.1) is 5.92 Å². The number of hydrogen-bond donors (Lipinski definition) is 1. The first-order valence-corrected chi connectivity index (χ1v) is 12.3. The zero-order valence-electron chi connectivity index (χ0n) is 20.1. The van der Waals surface area contributed by atoms with Crippen LogP contribution in [0.15, 0.2) is 53.6 Å². The molecular weight excluding hydrogens is 428 g/mol. The number of nitrogens with zero attached hydrogens (tertiary/aromatic N) is 3. The van der Waals surface area contributed by atoms with Crippen LogP contribution in [-0.2, 0) is 29.7 Å². The van der Waals surface area contributed by atoms with Crippen LogP contribution in [0.5, 0.6) is 0 Å². The van der Waals surface area contributed by atoms with Gasteiger partial charge in [0.05, 0.1) is 12.5 Å². The maximum absolute atomic E-state index is 14.0. The number of carbonyl (C=O) groups excluding carboxylic acids is 1. The molecule has 3 aromatic rings. The summed E-state index contributed by atoms with van der Waals surface area (Å²) in [6.07, 6.45) is 6.98. The average molecular weight is 463 g/mol. The van der Waals surface area contributed by atoms with E-state index in [1.54, 1.807) is 24.8 Å². The number of ether oxygens (including phenoxy) is 1. The largest absolute Gasteiger partial charge is 0.383 e. The maximum atomic E-state index is 14.0. The van der Waals surface area contributed by atoms with Crippen LogP contribution in [0.1, 0.15) is 36.3 Å². The van der Waals surface area contributed by atoms with Gasteiger partial charge in [0, 0.05) is 69.2 Å². The second-order valence-electron chi connectivity index (χ2n) is 9.67. The standard InChI is InChI=1S/C27H34N4O3/c1-29-12-10-19(15-26(29)32)22-9-11-28-16-24(22)27(33)31(21-7-8-21)18-20-17-30(13-14-34-2)25-6-4-3-5-23(20)25/h3-6,10,12,15,17,21-22,24,28H,7-9,11,13-14,16,18H2,1-2H3/t22?,24-/m0/s1. The number of benzene rings is 1. The van der Waals surface area contributed by atoms with Gasteiger partial charge in [0.2, 0.25) is 5.91 Å². The normalized spacial score (nSPS) is 20.5. The summed E-state index contributed by atoms with van der Waals surface area (Å²) in [6, 6.07) is 12.4. The first-order valence-electron chi connectivity index (χ1n) is 12.3. The van der Waals surface area contributed by atoms with Crippen molar-refractivity contribution in [3.8, 4) is 0 Å². The number of aryl methyl sites for hydroxylation is 1. The molecule has 1 aliphatic heterocycles. The molecule has 2 aromatic heterocycles. The fraction of sp³-hybridized carbons (Fsp3) is 0.481. The monoisotopic (exact) mass is 462 g/mol. The van der Waals surface area contributed by atoms with E-state index in [1.165, 1.54) is 16.5 Å². The van der Waals surface area contributed by atoms with Gasteiger partial charge in [-0.25, -0.2) is 0 Å². The molecule has 0 bridgehead atoms. The van der Waals surface area contributed by atoms with E-state index in [4.69, 9.17) is 4.74 Å². The fourth-order valence-electron chi connectivity index (χ4n) is 5.30. The third-order valence-electron chi connectivity index (χ3n) is 7.37. The van der Waals surface area contributed by atoms with Gasteiger partial charge in [0.1, 0.15) is 0 Å². The summed E-state index contributed by atoms with van der Waals surface area (Å²) in [6.45, 7) is 3.56. The van der Waals surface area contributed by atoms with Crippen LogP contribution >= 0.6 is 0 Å². The molecule has 5 rings (SSSR count). The highest BCUT2D eigenvalue weighted by atomic mass is 16.5. The highest BCUT2D eigenvalue weighted by Crippen LogP contribution is 2.36. The van der Waals surface area contributed by atoms with Crippen molar-refractivity contribution in [2.45, 2.75) is 44.3 Å². The lowest BCUT2D eigenvalue weighted by molar-refractivity contribution is -0.138. The molecular formula is C27H34N4O3. The Labute approximate surface area is 200 Å². The highest BCUT2D eigenvalue weighted by Gasteiger charge is 2.40. The lowest BCUT2D eigenvalue weighted by Gasteiger charge is -2.35. The molecule has 0 radical (unpaired) electrons. The number of piperidine rings is 1. The Morgan fingerprint density at radius 2 is 2.03 bits per heavy atom. The number of amides is 1. The van der Waals surface area contributed by atoms with E-state index in [2.05, 4.69) is 45.2 Å². The molecule has 1 aromatic carbocycles.